The molecule has 0 saturated carbocycles. The van der Waals surface area contributed by atoms with E-state index in [0.717, 1.165) is 0 Å². The van der Waals surface area contributed by atoms with Crippen molar-refractivity contribution < 1.29 is 14.3 Å². The summed E-state index contributed by atoms with van der Waals surface area (Å²) in [5.74, 6) is -0.537. The molecule has 6 heteroatoms. The number of nitrogens with zero attached hydrogens (tertiary/aromatic N) is 3. The lowest BCUT2D eigenvalue weighted by atomic mass is 10.2. The molecule has 2 rings (SSSR count). The van der Waals surface area contributed by atoms with Crippen LogP contribution in [-0.2, 0) is 0 Å². The summed E-state index contributed by atoms with van der Waals surface area (Å²) >= 11 is 0. The summed E-state index contributed by atoms with van der Waals surface area (Å²) in [6, 6.07) is 12.6. The zero-order chi connectivity index (χ0) is 14.4. The Hall–Kier alpha value is -3.11. The molecular weight excluding hydrogens is 258 g/mol. The van der Waals surface area contributed by atoms with Crippen molar-refractivity contribution in [1.82, 2.24) is 0 Å². The van der Waals surface area contributed by atoms with Crippen molar-refractivity contribution in [3.8, 4) is 5.75 Å². The predicted octanol–water partition coefficient (Wildman–Crippen LogP) is 3.66. The normalized spacial score (nSPS) is 9.40. The van der Waals surface area contributed by atoms with Crippen LogP contribution in [0.15, 0.2) is 53.6 Å². The maximum Gasteiger partial charge on any atom is 0.344 e. The molecule has 0 bridgehead atoms. The molecule has 2 aromatic carbocycles. The minimum atomic E-state index is -0.692. The van der Waals surface area contributed by atoms with Crippen LogP contribution in [0.3, 0.4) is 0 Å². The maximum atomic E-state index is 12.1. The number of aldehydes is 1. The Balaban J connectivity index is 2.33. The Morgan fingerprint density at radius 1 is 1.15 bits per heavy atom. The molecule has 0 amide bonds. The summed E-state index contributed by atoms with van der Waals surface area (Å²) in [5, 5.41) is 3.42. The van der Waals surface area contributed by atoms with Gasteiger partial charge in [-0.05, 0) is 23.7 Å². The third kappa shape index (κ3) is 2.82. The van der Waals surface area contributed by atoms with Crippen LogP contribution in [-0.4, -0.2) is 12.3 Å². The second-order valence-electron chi connectivity index (χ2n) is 3.75. The molecule has 0 heterocycles. The van der Waals surface area contributed by atoms with Gasteiger partial charge in [-0.15, -0.1) is 0 Å². The van der Waals surface area contributed by atoms with Gasteiger partial charge in [-0.3, -0.25) is 4.79 Å². The molecule has 0 aliphatic carbocycles. The number of para-hydroxylation sites is 1. The molecule has 0 radical (unpaired) electrons. The summed E-state index contributed by atoms with van der Waals surface area (Å²) in [5.41, 5.74) is 9.02. The van der Waals surface area contributed by atoms with Crippen molar-refractivity contribution in [2.75, 3.05) is 0 Å². The van der Waals surface area contributed by atoms with Crippen LogP contribution in [0, 0.1) is 0 Å². The van der Waals surface area contributed by atoms with Gasteiger partial charge in [0.15, 0.2) is 6.29 Å². The van der Waals surface area contributed by atoms with E-state index in [2.05, 4.69) is 10.0 Å². The standard InChI is InChI=1S/C14H9N3O3/c15-17-16-12-7-3-2-6-11(12)14(19)20-13-8-4-1-5-10(13)9-18/h1-9H. The number of hydrogen-bond acceptors (Lipinski definition) is 4. The Morgan fingerprint density at radius 3 is 2.60 bits per heavy atom. The molecule has 6 nitrogen and oxygen atoms in total. The summed E-state index contributed by atoms with van der Waals surface area (Å²) in [4.78, 5) is 25.6. The molecule has 0 atom stereocenters. The molecule has 0 N–H and O–H groups in total. The van der Waals surface area contributed by atoms with Gasteiger partial charge in [0.2, 0.25) is 0 Å². The molecular formula is C14H9N3O3. The van der Waals surface area contributed by atoms with Gasteiger partial charge in [-0.2, -0.15) is 0 Å². The van der Waals surface area contributed by atoms with Crippen molar-refractivity contribution >= 4 is 17.9 Å². The lowest BCUT2D eigenvalue weighted by Gasteiger charge is -2.07. The number of rotatable bonds is 4. The van der Waals surface area contributed by atoms with Crippen LogP contribution in [0.25, 0.3) is 10.4 Å². The number of benzene rings is 2. The maximum absolute atomic E-state index is 12.1. The average molecular weight is 267 g/mol. The van der Waals surface area contributed by atoms with E-state index in [-0.39, 0.29) is 22.6 Å². The van der Waals surface area contributed by atoms with Gasteiger partial charge in [-0.25, -0.2) is 4.79 Å². The summed E-state index contributed by atoms with van der Waals surface area (Å²) < 4.78 is 5.16. The van der Waals surface area contributed by atoms with Crippen molar-refractivity contribution in [1.29, 1.82) is 0 Å². The molecule has 2 aromatic rings. The Kier molecular flexibility index (Phi) is 4.11. The minimum absolute atomic E-state index is 0.131. The third-order valence-corrected chi connectivity index (χ3v) is 2.53. The zero-order valence-electron chi connectivity index (χ0n) is 10.3. The van der Waals surface area contributed by atoms with Gasteiger partial charge in [0.25, 0.3) is 0 Å². The molecule has 0 aliphatic heterocycles. The van der Waals surface area contributed by atoms with E-state index in [1.54, 1.807) is 24.3 Å². The first kappa shape index (κ1) is 13.3. The lowest BCUT2D eigenvalue weighted by molar-refractivity contribution is 0.0734. The van der Waals surface area contributed by atoms with Crippen LogP contribution in [0.1, 0.15) is 20.7 Å². The largest absolute Gasteiger partial charge is 0.422 e. The topological polar surface area (TPSA) is 92.1 Å². The van der Waals surface area contributed by atoms with Crippen LogP contribution in [0.5, 0.6) is 5.75 Å². The average Bonchev–Trinajstić information content (AvgIpc) is 2.48. The van der Waals surface area contributed by atoms with Crippen LogP contribution in [0.4, 0.5) is 5.69 Å². The van der Waals surface area contributed by atoms with E-state index < -0.39 is 5.97 Å². The summed E-state index contributed by atoms with van der Waals surface area (Å²) in [6.45, 7) is 0. The van der Waals surface area contributed by atoms with Gasteiger partial charge in [0, 0.05) is 4.91 Å². The Morgan fingerprint density at radius 2 is 1.85 bits per heavy atom. The summed E-state index contributed by atoms with van der Waals surface area (Å²) in [7, 11) is 0. The SMILES string of the molecule is [N-]=[N+]=Nc1ccccc1C(=O)Oc1ccccc1C=O. The molecule has 98 valence electrons. The number of carbonyl (C=O) groups excluding carboxylic acids is 2. The Bertz CT molecular complexity index is 706. The van der Waals surface area contributed by atoms with E-state index >= 15 is 0 Å². The first-order chi connectivity index (χ1) is 9.76. The van der Waals surface area contributed by atoms with Crippen molar-refractivity contribution in [2.24, 2.45) is 5.11 Å². The minimum Gasteiger partial charge on any atom is -0.422 e. The van der Waals surface area contributed by atoms with Gasteiger partial charge in [-0.1, -0.05) is 35.4 Å². The third-order valence-electron chi connectivity index (χ3n) is 2.53. The van der Waals surface area contributed by atoms with Crippen molar-refractivity contribution in [2.45, 2.75) is 0 Å². The quantitative estimate of drug-likeness (QED) is 0.211. The van der Waals surface area contributed by atoms with E-state index in [4.69, 9.17) is 10.3 Å². The lowest BCUT2D eigenvalue weighted by Crippen LogP contribution is -2.09. The highest BCUT2D eigenvalue weighted by molar-refractivity contribution is 5.97. The summed E-state index contributed by atoms with van der Waals surface area (Å²) in [6.07, 6.45) is 0.599. The smallest absolute Gasteiger partial charge is 0.344 e. The first-order valence-electron chi connectivity index (χ1n) is 5.67. The number of esters is 1. The molecule has 0 spiro atoms. The fourth-order valence-electron chi connectivity index (χ4n) is 1.61. The molecule has 0 unspecified atom stereocenters. The number of azide groups is 1. The number of carbonyl (C=O) groups is 2. The highest BCUT2D eigenvalue weighted by Gasteiger charge is 2.14. The molecule has 0 aromatic heterocycles. The van der Waals surface area contributed by atoms with E-state index in [1.807, 2.05) is 0 Å². The zero-order valence-corrected chi connectivity index (χ0v) is 10.3. The van der Waals surface area contributed by atoms with E-state index in [1.165, 1.54) is 24.3 Å². The van der Waals surface area contributed by atoms with Gasteiger partial charge in [0.05, 0.1) is 16.8 Å². The highest BCUT2D eigenvalue weighted by atomic mass is 16.5. The highest BCUT2D eigenvalue weighted by Crippen LogP contribution is 2.22. The van der Waals surface area contributed by atoms with E-state index in [9.17, 15) is 9.59 Å². The number of ether oxygens (including phenoxy) is 1. The fourth-order valence-corrected chi connectivity index (χ4v) is 1.61. The van der Waals surface area contributed by atoms with Gasteiger partial charge < -0.3 is 4.74 Å². The monoisotopic (exact) mass is 267 g/mol. The molecule has 20 heavy (non-hydrogen) atoms. The second kappa shape index (κ2) is 6.17. The molecule has 0 fully saturated rings. The second-order valence-corrected chi connectivity index (χ2v) is 3.75. The predicted molar refractivity (Wildman–Crippen MR) is 72.0 cm³/mol. The van der Waals surface area contributed by atoms with Crippen molar-refractivity contribution in [3.05, 3.63) is 70.1 Å². The number of hydrogen-bond donors (Lipinski definition) is 0. The van der Waals surface area contributed by atoms with Crippen molar-refractivity contribution in [3.63, 3.8) is 0 Å². The van der Waals surface area contributed by atoms with Crippen LogP contribution < -0.4 is 4.74 Å². The molecule has 0 aliphatic rings. The molecule has 0 saturated heterocycles. The first-order valence-corrected chi connectivity index (χ1v) is 5.67. The van der Waals surface area contributed by atoms with Crippen LogP contribution in [0.2, 0.25) is 0 Å². The van der Waals surface area contributed by atoms with Gasteiger partial charge >= 0.3 is 5.97 Å². The fraction of sp³-hybridized carbons (Fsp3) is 0. The van der Waals surface area contributed by atoms with E-state index in [0.29, 0.717) is 6.29 Å². The van der Waals surface area contributed by atoms with Crippen LogP contribution >= 0.6 is 0 Å². The Labute approximate surface area is 114 Å². The van der Waals surface area contributed by atoms with Gasteiger partial charge in [0.1, 0.15) is 5.75 Å².